The fourth-order valence-electron chi connectivity index (χ4n) is 5.55. The van der Waals surface area contributed by atoms with E-state index in [2.05, 4.69) is 27.7 Å². The van der Waals surface area contributed by atoms with Crippen LogP contribution < -0.4 is 9.47 Å². The third kappa shape index (κ3) is 8.24. The van der Waals surface area contributed by atoms with Gasteiger partial charge in [0.25, 0.3) is 0 Å². The van der Waals surface area contributed by atoms with Crippen molar-refractivity contribution in [1.82, 2.24) is 14.5 Å². The SMILES string of the molecule is O=C(O)CCCN1CCC(CCCn2c(COc3ccc(Cl)cc3)nc3c(OCc4ccccc4)cccc32)CC1. The van der Waals surface area contributed by atoms with E-state index in [-0.39, 0.29) is 6.42 Å². The van der Waals surface area contributed by atoms with Crippen LogP contribution in [0.2, 0.25) is 5.02 Å². The molecule has 1 aliphatic rings. The third-order valence-corrected chi connectivity index (χ3v) is 8.06. The number of para-hydroxylation sites is 1. The first kappa shape index (κ1) is 29.0. The molecule has 1 saturated heterocycles. The Morgan fingerprint density at radius 2 is 1.68 bits per heavy atom. The first-order chi connectivity index (χ1) is 20.0. The second-order valence-corrected chi connectivity index (χ2v) is 11.2. The van der Waals surface area contributed by atoms with Crippen molar-refractivity contribution >= 4 is 28.6 Å². The molecule has 216 valence electrons. The molecule has 0 atom stereocenters. The Hall–Kier alpha value is -3.55. The lowest BCUT2D eigenvalue weighted by Gasteiger charge is -2.32. The van der Waals surface area contributed by atoms with Gasteiger partial charge in [-0.1, -0.05) is 48.0 Å². The van der Waals surface area contributed by atoms with Gasteiger partial charge in [0.1, 0.15) is 36.1 Å². The molecule has 0 unspecified atom stereocenters. The summed E-state index contributed by atoms with van der Waals surface area (Å²) in [5, 5.41) is 9.57. The molecule has 41 heavy (non-hydrogen) atoms. The molecule has 0 spiro atoms. The van der Waals surface area contributed by atoms with Crippen LogP contribution in [0.25, 0.3) is 11.0 Å². The number of nitrogens with zero attached hydrogens (tertiary/aromatic N) is 3. The van der Waals surface area contributed by atoms with Crippen molar-refractivity contribution in [3.05, 3.63) is 89.2 Å². The summed E-state index contributed by atoms with van der Waals surface area (Å²) in [6.07, 6.45) is 5.53. The highest BCUT2D eigenvalue weighted by atomic mass is 35.5. The van der Waals surface area contributed by atoms with Gasteiger partial charge in [-0.3, -0.25) is 4.79 Å². The quantitative estimate of drug-likeness (QED) is 0.171. The molecular formula is C33H38ClN3O4. The van der Waals surface area contributed by atoms with Crippen LogP contribution in [0.4, 0.5) is 0 Å². The molecule has 1 aliphatic heterocycles. The van der Waals surface area contributed by atoms with Gasteiger partial charge >= 0.3 is 5.97 Å². The summed E-state index contributed by atoms with van der Waals surface area (Å²) in [5.41, 5.74) is 3.02. The van der Waals surface area contributed by atoms with Gasteiger partial charge in [-0.05, 0) is 99.6 Å². The largest absolute Gasteiger partial charge is 0.487 e. The Bertz CT molecular complexity index is 1400. The lowest BCUT2D eigenvalue weighted by molar-refractivity contribution is -0.137. The number of aryl methyl sites for hydroxylation is 1. The molecule has 0 saturated carbocycles. The topological polar surface area (TPSA) is 76.8 Å². The molecule has 7 nitrogen and oxygen atoms in total. The number of hydrogen-bond acceptors (Lipinski definition) is 5. The summed E-state index contributed by atoms with van der Waals surface area (Å²) in [6, 6.07) is 23.7. The van der Waals surface area contributed by atoms with Crippen LogP contribution in [0.1, 0.15) is 49.9 Å². The molecule has 1 aromatic heterocycles. The summed E-state index contributed by atoms with van der Waals surface area (Å²) in [6.45, 7) is 4.69. The zero-order chi connectivity index (χ0) is 28.4. The maximum atomic E-state index is 10.8. The minimum Gasteiger partial charge on any atom is -0.487 e. The maximum absolute atomic E-state index is 10.8. The number of likely N-dealkylation sites (tertiary alicyclic amines) is 1. The predicted octanol–water partition coefficient (Wildman–Crippen LogP) is 7.20. The average Bonchev–Trinajstić information content (AvgIpc) is 3.35. The Morgan fingerprint density at radius 3 is 2.44 bits per heavy atom. The number of ether oxygens (including phenoxy) is 2. The number of hydrogen-bond donors (Lipinski definition) is 1. The Morgan fingerprint density at radius 1 is 0.902 bits per heavy atom. The summed E-state index contributed by atoms with van der Waals surface area (Å²) in [7, 11) is 0. The lowest BCUT2D eigenvalue weighted by atomic mass is 9.92. The first-order valence-corrected chi connectivity index (χ1v) is 14.9. The van der Waals surface area contributed by atoms with Crippen molar-refractivity contribution in [3.63, 3.8) is 0 Å². The van der Waals surface area contributed by atoms with Crippen molar-refractivity contribution in [2.45, 2.75) is 58.3 Å². The van der Waals surface area contributed by atoms with Crippen LogP contribution in [0, 0.1) is 5.92 Å². The number of piperidine rings is 1. The maximum Gasteiger partial charge on any atom is 0.303 e. The van der Waals surface area contributed by atoms with E-state index in [1.54, 1.807) is 0 Å². The fourth-order valence-corrected chi connectivity index (χ4v) is 5.68. The lowest BCUT2D eigenvalue weighted by Crippen LogP contribution is -2.34. The summed E-state index contributed by atoms with van der Waals surface area (Å²) < 4.78 is 14.6. The number of aliphatic carboxylic acids is 1. The van der Waals surface area contributed by atoms with Crippen molar-refractivity contribution in [1.29, 1.82) is 0 Å². The summed E-state index contributed by atoms with van der Waals surface area (Å²) >= 11 is 6.05. The van der Waals surface area contributed by atoms with E-state index < -0.39 is 5.97 Å². The van der Waals surface area contributed by atoms with Crippen LogP contribution in [0.15, 0.2) is 72.8 Å². The number of aromatic nitrogens is 2. The monoisotopic (exact) mass is 575 g/mol. The van der Waals surface area contributed by atoms with Crippen LogP contribution in [-0.2, 0) is 24.6 Å². The van der Waals surface area contributed by atoms with Crippen LogP contribution in [-0.4, -0.2) is 45.2 Å². The number of carboxylic acids is 1. The smallest absolute Gasteiger partial charge is 0.303 e. The van der Waals surface area contributed by atoms with E-state index in [4.69, 9.17) is 31.2 Å². The van der Waals surface area contributed by atoms with Crippen molar-refractivity contribution in [3.8, 4) is 11.5 Å². The van der Waals surface area contributed by atoms with Crippen molar-refractivity contribution in [2.24, 2.45) is 5.92 Å². The summed E-state index contributed by atoms with van der Waals surface area (Å²) in [5.74, 6) is 2.38. The molecule has 0 aliphatic carbocycles. The Balaban J connectivity index is 1.25. The highest BCUT2D eigenvalue weighted by Gasteiger charge is 2.20. The van der Waals surface area contributed by atoms with Crippen molar-refractivity contribution < 1.29 is 19.4 Å². The number of halogens is 1. The molecular weight excluding hydrogens is 538 g/mol. The van der Waals surface area contributed by atoms with Crippen LogP contribution >= 0.6 is 11.6 Å². The predicted molar refractivity (Wildman–Crippen MR) is 162 cm³/mol. The van der Waals surface area contributed by atoms with E-state index in [1.807, 2.05) is 54.6 Å². The molecule has 1 N–H and O–H groups in total. The number of benzene rings is 3. The number of rotatable bonds is 14. The van der Waals surface area contributed by atoms with E-state index >= 15 is 0 Å². The van der Waals surface area contributed by atoms with Gasteiger partial charge in [0.2, 0.25) is 0 Å². The molecule has 8 heteroatoms. The molecule has 5 rings (SSSR count). The zero-order valence-electron chi connectivity index (χ0n) is 23.4. The van der Waals surface area contributed by atoms with Gasteiger partial charge in [0.15, 0.2) is 0 Å². The minimum atomic E-state index is -0.709. The van der Waals surface area contributed by atoms with E-state index in [0.717, 1.165) is 79.4 Å². The van der Waals surface area contributed by atoms with Gasteiger partial charge in [-0.2, -0.15) is 0 Å². The molecule has 0 amide bonds. The fraction of sp³-hybridized carbons (Fsp3) is 0.394. The zero-order valence-corrected chi connectivity index (χ0v) is 24.1. The van der Waals surface area contributed by atoms with Gasteiger partial charge in [0, 0.05) is 18.0 Å². The van der Waals surface area contributed by atoms with Gasteiger partial charge in [-0.25, -0.2) is 4.98 Å². The normalized spacial score (nSPS) is 14.4. The molecule has 0 radical (unpaired) electrons. The van der Waals surface area contributed by atoms with E-state index in [1.165, 1.54) is 12.8 Å². The van der Waals surface area contributed by atoms with Gasteiger partial charge < -0.3 is 24.0 Å². The third-order valence-electron chi connectivity index (χ3n) is 7.81. The number of carbonyl (C=O) groups is 1. The number of fused-ring (bicyclic) bond motifs is 1. The second kappa shape index (κ2) is 14.4. The highest BCUT2D eigenvalue weighted by molar-refractivity contribution is 6.30. The Kier molecular flexibility index (Phi) is 10.2. The molecule has 4 aromatic rings. The van der Waals surface area contributed by atoms with Gasteiger partial charge in [0.05, 0.1) is 5.52 Å². The molecule has 0 bridgehead atoms. The standard InChI is InChI=1S/C33H38ClN3O4/c34-27-13-15-28(16-14-27)40-24-31-35-33-29(10-4-11-30(33)41-23-26-7-2-1-3-8-26)37(31)20-5-9-25-17-21-36(22-18-25)19-6-12-32(38)39/h1-4,7-8,10-11,13-16,25H,5-6,9,12,17-24H2,(H,38,39). The van der Waals surface area contributed by atoms with E-state index in [9.17, 15) is 4.79 Å². The second-order valence-electron chi connectivity index (χ2n) is 10.7. The minimum absolute atomic E-state index is 0.252. The molecule has 2 heterocycles. The number of carboxylic acid groups (broad SMARTS) is 1. The van der Waals surface area contributed by atoms with Crippen LogP contribution in [0.5, 0.6) is 11.5 Å². The van der Waals surface area contributed by atoms with E-state index in [0.29, 0.717) is 24.2 Å². The average molecular weight is 576 g/mol. The van der Waals surface area contributed by atoms with Crippen molar-refractivity contribution in [2.75, 3.05) is 19.6 Å². The molecule has 1 fully saturated rings. The summed E-state index contributed by atoms with van der Waals surface area (Å²) in [4.78, 5) is 18.2. The number of imidazole rings is 1. The highest BCUT2D eigenvalue weighted by Crippen LogP contribution is 2.29. The molecule has 3 aromatic carbocycles. The first-order valence-electron chi connectivity index (χ1n) is 14.5. The Labute approximate surface area is 246 Å². The van der Waals surface area contributed by atoms with Crippen LogP contribution in [0.3, 0.4) is 0 Å². The van der Waals surface area contributed by atoms with Gasteiger partial charge in [-0.15, -0.1) is 0 Å².